The number of carbonyl (C=O) groups is 1. The van der Waals surface area contributed by atoms with Gasteiger partial charge in [-0.3, -0.25) is 4.79 Å². The lowest BCUT2D eigenvalue weighted by Crippen LogP contribution is -2.54. The van der Waals surface area contributed by atoms with E-state index in [1.54, 1.807) is 0 Å². The van der Waals surface area contributed by atoms with Crippen LogP contribution in [0.1, 0.15) is 72.1 Å². The zero-order valence-electron chi connectivity index (χ0n) is 16.6. The minimum absolute atomic E-state index is 0.0213. The van der Waals surface area contributed by atoms with Crippen molar-refractivity contribution in [2.75, 3.05) is 0 Å². The lowest BCUT2D eigenvalue weighted by Gasteiger charge is -2.58. The zero-order chi connectivity index (χ0) is 18.7. The van der Waals surface area contributed by atoms with Crippen molar-refractivity contribution in [1.29, 1.82) is 0 Å². The molecule has 0 aromatic rings. The van der Waals surface area contributed by atoms with E-state index in [4.69, 9.17) is 4.74 Å². The summed E-state index contributed by atoms with van der Waals surface area (Å²) in [5.41, 5.74) is 1.06. The molecule has 0 aliphatic heterocycles. The first-order valence-electron chi connectivity index (χ1n) is 10.5. The highest BCUT2D eigenvalue weighted by Crippen LogP contribution is 2.67. The van der Waals surface area contributed by atoms with Crippen molar-refractivity contribution in [2.24, 2.45) is 28.6 Å². The lowest BCUT2D eigenvalue weighted by molar-refractivity contribution is -0.149. The Hall–Kier alpha value is -1.09. The molecule has 0 unspecified atom stereocenters. The van der Waals surface area contributed by atoms with Crippen molar-refractivity contribution in [3.63, 3.8) is 0 Å². The van der Waals surface area contributed by atoms with E-state index in [0.717, 1.165) is 44.9 Å². The van der Waals surface area contributed by atoms with Gasteiger partial charge in [-0.15, -0.1) is 6.58 Å². The average molecular weight is 359 g/mol. The van der Waals surface area contributed by atoms with Gasteiger partial charge in [0.25, 0.3) is 0 Å². The second kappa shape index (κ2) is 5.95. The van der Waals surface area contributed by atoms with Crippen LogP contribution in [0.25, 0.3) is 0 Å². The summed E-state index contributed by atoms with van der Waals surface area (Å²) in [5, 5.41) is 11.2. The van der Waals surface area contributed by atoms with Gasteiger partial charge in [-0.05, 0) is 68.1 Å². The van der Waals surface area contributed by atoms with E-state index in [1.807, 2.05) is 6.08 Å². The molecule has 0 heterocycles. The SMILES string of the molecule is C=C[C@]1(O)CC[C@@H]2[C@H]3CC=C4C[C@@H](OC(C)=O)CC[C@]4(C)[C@@H]3CC[C@]21C. The standard InChI is InChI=1S/C23H34O3/c1-5-23(25)13-10-20-18-7-6-16-14-17(26-15(2)24)8-11-21(16,3)19(18)9-12-22(20,23)4/h5-6,17-20,25H,1,7-14H2,2-4H3/t17-,18-,19+,20+,21-,22+,23-/m0/s1. The van der Waals surface area contributed by atoms with Crippen molar-refractivity contribution in [3.05, 3.63) is 24.3 Å². The van der Waals surface area contributed by atoms with Crippen molar-refractivity contribution in [2.45, 2.75) is 83.8 Å². The molecule has 0 bridgehead atoms. The van der Waals surface area contributed by atoms with Gasteiger partial charge in [-0.2, -0.15) is 0 Å². The third kappa shape index (κ3) is 2.38. The first-order chi connectivity index (χ1) is 12.2. The number of rotatable bonds is 2. The maximum Gasteiger partial charge on any atom is 0.302 e. The van der Waals surface area contributed by atoms with E-state index >= 15 is 0 Å². The summed E-state index contributed by atoms with van der Waals surface area (Å²) in [7, 11) is 0. The van der Waals surface area contributed by atoms with E-state index < -0.39 is 5.60 Å². The maximum absolute atomic E-state index is 11.4. The quantitative estimate of drug-likeness (QED) is 0.570. The summed E-state index contributed by atoms with van der Waals surface area (Å²) in [6.45, 7) is 10.2. The Labute approximate surface area is 157 Å². The number of ether oxygens (including phenoxy) is 1. The number of hydrogen-bond donors (Lipinski definition) is 1. The molecule has 0 spiro atoms. The second-order valence-corrected chi connectivity index (χ2v) is 9.86. The molecule has 144 valence electrons. The van der Waals surface area contributed by atoms with Gasteiger partial charge < -0.3 is 9.84 Å². The second-order valence-electron chi connectivity index (χ2n) is 9.86. The third-order valence-electron chi connectivity index (χ3n) is 8.94. The molecule has 0 aromatic heterocycles. The molecule has 0 radical (unpaired) electrons. The molecule has 26 heavy (non-hydrogen) atoms. The monoisotopic (exact) mass is 358 g/mol. The predicted molar refractivity (Wildman–Crippen MR) is 102 cm³/mol. The molecule has 0 saturated heterocycles. The van der Waals surface area contributed by atoms with E-state index in [0.29, 0.717) is 17.8 Å². The van der Waals surface area contributed by atoms with Crippen LogP contribution in [0.2, 0.25) is 0 Å². The summed E-state index contributed by atoms with van der Waals surface area (Å²) in [6, 6.07) is 0. The van der Waals surface area contributed by atoms with Crippen LogP contribution < -0.4 is 0 Å². The Morgan fingerprint density at radius 2 is 1.96 bits per heavy atom. The van der Waals surface area contributed by atoms with Gasteiger partial charge in [0, 0.05) is 18.8 Å². The fourth-order valence-electron chi connectivity index (χ4n) is 7.35. The van der Waals surface area contributed by atoms with E-state index in [9.17, 15) is 9.90 Å². The summed E-state index contributed by atoms with van der Waals surface area (Å²) in [5.74, 6) is 1.80. The van der Waals surface area contributed by atoms with Gasteiger partial charge in [0.05, 0.1) is 5.60 Å². The Morgan fingerprint density at radius 3 is 2.65 bits per heavy atom. The molecule has 1 N–H and O–H groups in total. The summed E-state index contributed by atoms with van der Waals surface area (Å²) in [6.07, 6.45) is 12.8. The number of allylic oxidation sites excluding steroid dienone is 1. The lowest BCUT2D eigenvalue weighted by atomic mass is 9.47. The minimum atomic E-state index is -0.694. The summed E-state index contributed by atoms with van der Waals surface area (Å²) < 4.78 is 5.52. The molecule has 0 aromatic carbocycles. The highest BCUT2D eigenvalue weighted by atomic mass is 16.5. The number of hydrogen-bond acceptors (Lipinski definition) is 3. The Bertz CT molecular complexity index is 652. The molecule has 4 rings (SSSR count). The molecular weight excluding hydrogens is 324 g/mol. The summed E-state index contributed by atoms with van der Waals surface area (Å²) in [4.78, 5) is 11.4. The van der Waals surface area contributed by atoms with Gasteiger partial charge >= 0.3 is 5.97 Å². The third-order valence-corrected chi connectivity index (χ3v) is 8.94. The Balaban J connectivity index is 1.61. The Kier molecular flexibility index (Phi) is 4.19. The van der Waals surface area contributed by atoms with Crippen LogP contribution in [-0.2, 0) is 9.53 Å². The molecule has 3 nitrogen and oxygen atoms in total. The number of esters is 1. The molecule has 4 aliphatic rings. The summed E-state index contributed by atoms with van der Waals surface area (Å²) >= 11 is 0. The number of aliphatic hydroxyl groups is 1. The van der Waals surface area contributed by atoms with Crippen LogP contribution in [-0.4, -0.2) is 22.8 Å². The van der Waals surface area contributed by atoms with Gasteiger partial charge in [0.2, 0.25) is 0 Å². The maximum atomic E-state index is 11.4. The fraction of sp³-hybridized carbons (Fsp3) is 0.783. The van der Waals surface area contributed by atoms with Crippen LogP contribution in [0.3, 0.4) is 0 Å². The molecule has 3 heteroatoms. The van der Waals surface area contributed by atoms with Crippen LogP contribution in [0.5, 0.6) is 0 Å². The molecule has 3 saturated carbocycles. The predicted octanol–water partition coefficient (Wildman–Crippen LogP) is 4.80. The first-order valence-corrected chi connectivity index (χ1v) is 10.5. The minimum Gasteiger partial charge on any atom is -0.462 e. The average Bonchev–Trinajstić information content (AvgIpc) is 2.87. The van der Waals surface area contributed by atoms with E-state index in [1.165, 1.54) is 18.9 Å². The van der Waals surface area contributed by atoms with Gasteiger partial charge in [0.15, 0.2) is 0 Å². The molecule has 3 fully saturated rings. The van der Waals surface area contributed by atoms with Crippen LogP contribution >= 0.6 is 0 Å². The number of fused-ring (bicyclic) bond motifs is 5. The zero-order valence-corrected chi connectivity index (χ0v) is 16.6. The topological polar surface area (TPSA) is 46.5 Å². The number of carbonyl (C=O) groups excluding carboxylic acids is 1. The molecular formula is C23H34O3. The van der Waals surface area contributed by atoms with Gasteiger partial charge in [-0.1, -0.05) is 31.6 Å². The van der Waals surface area contributed by atoms with Crippen LogP contribution in [0.15, 0.2) is 24.3 Å². The van der Waals surface area contributed by atoms with Crippen LogP contribution in [0.4, 0.5) is 0 Å². The van der Waals surface area contributed by atoms with Crippen molar-refractivity contribution in [1.82, 2.24) is 0 Å². The first kappa shape index (κ1) is 18.3. The molecule has 0 amide bonds. The van der Waals surface area contributed by atoms with Gasteiger partial charge in [-0.25, -0.2) is 0 Å². The van der Waals surface area contributed by atoms with Gasteiger partial charge in [0.1, 0.15) is 6.10 Å². The van der Waals surface area contributed by atoms with E-state index in [2.05, 4.69) is 26.5 Å². The molecule has 4 aliphatic carbocycles. The Morgan fingerprint density at radius 1 is 1.23 bits per heavy atom. The highest BCUT2D eigenvalue weighted by molar-refractivity contribution is 5.66. The van der Waals surface area contributed by atoms with Crippen molar-refractivity contribution in [3.8, 4) is 0 Å². The fourth-order valence-corrected chi connectivity index (χ4v) is 7.35. The smallest absolute Gasteiger partial charge is 0.302 e. The largest absolute Gasteiger partial charge is 0.462 e. The van der Waals surface area contributed by atoms with Crippen molar-refractivity contribution < 1.29 is 14.6 Å². The van der Waals surface area contributed by atoms with Crippen LogP contribution in [0, 0.1) is 28.6 Å². The highest BCUT2D eigenvalue weighted by Gasteiger charge is 2.62. The van der Waals surface area contributed by atoms with E-state index in [-0.39, 0.29) is 22.9 Å². The normalized spacial score (nSPS) is 50.1. The molecule has 7 atom stereocenters. The van der Waals surface area contributed by atoms with Crippen molar-refractivity contribution >= 4 is 5.97 Å².